The van der Waals surface area contributed by atoms with Crippen molar-refractivity contribution in [3.63, 3.8) is 0 Å². The van der Waals surface area contributed by atoms with E-state index in [9.17, 15) is 4.39 Å². The SMILES string of the molecule is COc1cccc(C(NN)c2c(F)cccc2Br)c1. The topological polar surface area (TPSA) is 47.3 Å². The minimum absolute atomic E-state index is 0.319. The molecule has 0 heterocycles. The van der Waals surface area contributed by atoms with Crippen molar-refractivity contribution in [2.24, 2.45) is 5.84 Å². The Bertz CT molecular complexity index is 557. The molecule has 0 bridgehead atoms. The van der Waals surface area contributed by atoms with Gasteiger partial charge in [-0.15, -0.1) is 0 Å². The van der Waals surface area contributed by atoms with E-state index in [-0.39, 0.29) is 5.82 Å². The monoisotopic (exact) mass is 324 g/mol. The van der Waals surface area contributed by atoms with E-state index in [2.05, 4.69) is 21.4 Å². The van der Waals surface area contributed by atoms with Crippen molar-refractivity contribution in [2.75, 3.05) is 7.11 Å². The zero-order valence-corrected chi connectivity index (χ0v) is 11.9. The van der Waals surface area contributed by atoms with Crippen molar-refractivity contribution in [1.29, 1.82) is 0 Å². The highest BCUT2D eigenvalue weighted by molar-refractivity contribution is 9.10. The van der Waals surface area contributed by atoms with Gasteiger partial charge in [0.1, 0.15) is 11.6 Å². The third kappa shape index (κ3) is 2.94. The third-order valence-corrected chi connectivity index (χ3v) is 3.57. The number of rotatable bonds is 4. The molecule has 1 atom stereocenters. The Morgan fingerprint density at radius 1 is 1.26 bits per heavy atom. The molecule has 0 aromatic heterocycles. The van der Waals surface area contributed by atoms with Gasteiger partial charge in [-0.2, -0.15) is 0 Å². The van der Waals surface area contributed by atoms with Crippen LogP contribution in [0.15, 0.2) is 46.9 Å². The molecule has 100 valence electrons. The van der Waals surface area contributed by atoms with Crippen molar-refractivity contribution in [3.8, 4) is 5.75 Å². The van der Waals surface area contributed by atoms with Gasteiger partial charge in [0, 0.05) is 10.0 Å². The van der Waals surface area contributed by atoms with E-state index in [4.69, 9.17) is 10.6 Å². The average molecular weight is 325 g/mol. The summed E-state index contributed by atoms with van der Waals surface area (Å²) in [7, 11) is 1.59. The first-order chi connectivity index (χ1) is 9.17. The van der Waals surface area contributed by atoms with Gasteiger partial charge in [0.05, 0.1) is 13.2 Å². The predicted molar refractivity (Wildman–Crippen MR) is 76.3 cm³/mol. The van der Waals surface area contributed by atoms with E-state index in [0.717, 1.165) is 5.56 Å². The molecule has 19 heavy (non-hydrogen) atoms. The summed E-state index contributed by atoms with van der Waals surface area (Å²) < 4.78 is 19.8. The van der Waals surface area contributed by atoms with Crippen LogP contribution >= 0.6 is 15.9 Å². The number of nitrogens with two attached hydrogens (primary N) is 1. The molecule has 0 saturated carbocycles. The van der Waals surface area contributed by atoms with Gasteiger partial charge >= 0.3 is 0 Å². The summed E-state index contributed by atoms with van der Waals surface area (Å²) in [6, 6.07) is 11.7. The van der Waals surface area contributed by atoms with Gasteiger partial charge < -0.3 is 4.74 Å². The van der Waals surface area contributed by atoms with Crippen LogP contribution in [0.2, 0.25) is 0 Å². The van der Waals surface area contributed by atoms with Gasteiger partial charge in [-0.25, -0.2) is 9.82 Å². The van der Waals surface area contributed by atoms with Crippen LogP contribution in [0.4, 0.5) is 4.39 Å². The van der Waals surface area contributed by atoms with E-state index >= 15 is 0 Å². The second-order valence-electron chi connectivity index (χ2n) is 4.01. The summed E-state index contributed by atoms with van der Waals surface area (Å²) in [6.45, 7) is 0. The molecule has 3 nitrogen and oxygen atoms in total. The molecule has 5 heteroatoms. The molecule has 0 saturated heterocycles. The van der Waals surface area contributed by atoms with Crippen LogP contribution in [0.3, 0.4) is 0 Å². The number of benzene rings is 2. The average Bonchev–Trinajstić information content (AvgIpc) is 2.43. The molecule has 0 amide bonds. The lowest BCUT2D eigenvalue weighted by molar-refractivity contribution is 0.413. The van der Waals surface area contributed by atoms with Crippen molar-refractivity contribution in [2.45, 2.75) is 6.04 Å². The molecule has 0 fully saturated rings. The van der Waals surface area contributed by atoms with Crippen molar-refractivity contribution < 1.29 is 9.13 Å². The Labute approximate surface area is 119 Å². The van der Waals surface area contributed by atoms with Crippen LogP contribution in [0.25, 0.3) is 0 Å². The maximum Gasteiger partial charge on any atom is 0.129 e. The Hall–Kier alpha value is -1.43. The number of halogens is 2. The lowest BCUT2D eigenvalue weighted by Crippen LogP contribution is -2.29. The number of hydrogen-bond acceptors (Lipinski definition) is 3. The minimum Gasteiger partial charge on any atom is -0.497 e. The molecule has 3 N–H and O–H groups in total. The lowest BCUT2D eigenvalue weighted by atomic mass is 9.98. The molecular weight excluding hydrogens is 311 g/mol. The number of hydrazine groups is 1. The van der Waals surface area contributed by atoms with Crippen LogP contribution < -0.4 is 16.0 Å². The molecule has 0 aliphatic heterocycles. The molecule has 0 radical (unpaired) electrons. The van der Waals surface area contributed by atoms with Crippen molar-refractivity contribution in [3.05, 3.63) is 63.9 Å². The fourth-order valence-corrected chi connectivity index (χ4v) is 2.52. The van der Waals surface area contributed by atoms with Crippen LogP contribution in [0.5, 0.6) is 5.75 Å². The van der Waals surface area contributed by atoms with E-state index < -0.39 is 6.04 Å². The summed E-state index contributed by atoms with van der Waals surface area (Å²) in [5, 5.41) is 0. The fraction of sp³-hybridized carbons (Fsp3) is 0.143. The van der Waals surface area contributed by atoms with E-state index in [1.165, 1.54) is 6.07 Å². The zero-order chi connectivity index (χ0) is 13.8. The molecular formula is C14H14BrFN2O. The van der Waals surface area contributed by atoms with Crippen LogP contribution in [-0.2, 0) is 0 Å². The molecule has 2 aromatic rings. The maximum atomic E-state index is 14.0. The third-order valence-electron chi connectivity index (χ3n) is 2.88. The predicted octanol–water partition coefficient (Wildman–Crippen LogP) is 3.15. The lowest BCUT2D eigenvalue weighted by Gasteiger charge is -2.19. The Morgan fingerprint density at radius 2 is 2.00 bits per heavy atom. The highest BCUT2D eigenvalue weighted by Gasteiger charge is 2.19. The molecule has 0 aliphatic carbocycles. The molecule has 2 rings (SSSR count). The van der Waals surface area contributed by atoms with Gasteiger partial charge in [-0.05, 0) is 29.8 Å². The van der Waals surface area contributed by atoms with E-state index in [1.54, 1.807) is 19.2 Å². The Morgan fingerprint density at radius 3 is 2.63 bits per heavy atom. The normalized spacial score (nSPS) is 12.2. The van der Waals surface area contributed by atoms with Gasteiger partial charge in [-0.1, -0.05) is 34.1 Å². The van der Waals surface area contributed by atoms with Gasteiger partial charge in [0.25, 0.3) is 0 Å². The first-order valence-electron chi connectivity index (χ1n) is 5.71. The van der Waals surface area contributed by atoms with Gasteiger partial charge in [-0.3, -0.25) is 5.84 Å². The van der Waals surface area contributed by atoms with Gasteiger partial charge in [0.15, 0.2) is 0 Å². The Kier molecular flexibility index (Phi) is 4.52. The number of methoxy groups -OCH3 is 1. The second-order valence-corrected chi connectivity index (χ2v) is 4.87. The summed E-state index contributed by atoms with van der Waals surface area (Å²) in [5.74, 6) is 5.97. The van der Waals surface area contributed by atoms with Crippen LogP contribution in [0, 0.1) is 5.82 Å². The summed E-state index contributed by atoms with van der Waals surface area (Å²) >= 11 is 3.35. The van der Waals surface area contributed by atoms with Gasteiger partial charge in [0.2, 0.25) is 0 Å². The minimum atomic E-state index is -0.453. The van der Waals surface area contributed by atoms with Crippen LogP contribution in [0.1, 0.15) is 17.2 Å². The highest BCUT2D eigenvalue weighted by Crippen LogP contribution is 2.31. The smallest absolute Gasteiger partial charge is 0.129 e. The molecule has 2 aromatic carbocycles. The quantitative estimate of drug-likeness (QED) is 0.671. The highest BCUT2D eigenvalue weighted by atomic mass is 79.9. The zero-order valence-electron chi connectivity index (χ0n) is 10.4. The first-order valence-corrected chi connectivity index (χ1v) is 6.50. The van der Waals surface area contributed by atoms with Crippen LogP contribution in [-0.4, -0.2) is 7.11 Å². The summed E-state index contributed by atoms with van der Waals surface area (Å²) in [4.78, 5) is 0. The number of hydrogen-bond donors (Lipinski definition) is 2. The van der Waals surface area contributed by atoms with Crippen molar-refractivity contribution in [1.82, 2.24) is 5.43 Å². The largest absolute Gasteiger partial charge is 0.497 e. The molecule has 1 unspecified atom stereocenters. The first kappa shape index (κ1) is 14.0. The standard InChI is InChI=1S/C14H14BrFN2O/c1-19-10-5-2-4-9(8-10)14(18-17)13-11(15)6-3-7-12(13)16/h2-8,14,18H,17H2,1H3. The second kappa shape index (κ2) is 6.14. The number of nitrogens with one attached hydrogen (secondary N) is 1. The fourth-order valence-electron chi connectivity index (χ4n) is 1.95. The van der Waals surface area contributed by atoms with Crippen molar-refractivity contribution >= 4 is 15.9 Å². The number of ether oxygens (including phenoxy) is 1. The maximum absolute atomic E-state index is 14.0. The summed E-state index contributed by atoms with van der Waals surface area (Å²) in [6.07, 6.45) is 0. The van der Waals surface area contributed by atoms with E-state index in [1.807, 2.05) is 24.3 Å². The molecule has 0 aliphatic rings. The van der Waals surface area contributed by atoms with E-state index in [0.29, 0.717) is 15.8 Å². The Balaban J connectivity index is 2.50. The molecule has 0 spiro atoms. The summed E-state index contributed by atoms with van der Waals surface area (Å²) in [5.41, 5.74) is 3.94.